The van der Waals surface area contributed by atoms with Crippen LogP contribution < -0.4 is 5.32 Å². The number of carbonyl (C=O) groups excluding carboxylic acids is 1. The van der Waals surface area contributed by atoms with Crippen molar-refractivity contribution in [2.45, 2.75) is 63.7 Å². The van der Waals surface area contributed by atoms with Crippen LogP contribution in [0.4, 0.5) is 0 Å². The first kappa shape index (κ1) is 12.8. The summed E-state index contributed by atoms with van der Waals surface area (Å²) >= 11 is 0. The maximum Gasteiger partial charge on any atom is 0.220 e. The van der Waals surface area contributed by atoms with Crippen molar-refractivity contribution in [1.82, 2.24) is 5.32 Å². The van der Waals surface area contributed by atoms with Gasteiger partial charge in [0.2, 0.25) is 5.91 Å². The summed E-state index contributed by atoms with van der Waals surface area (Å²) in [5, 5.41) is 3.03. The van der Waals surface area contributed by atoms with E-state index in [4.69, 9.17) is 9.47 Å². The largest absolute Gasteiger partial charge is 0.378 e. The summed E-state index contributed by atoms with van der Waals surface area (Å²) < 4.78 is 11.1. The highest BCUT2D eigenvalue weighted by atomic mass is 16.5. The van der Waals surface area contributed by atoms with Gasteiger partial charge in [0.25, 0.3) is 0 Å². The molecule has 2 rings (SSSR count). The van der Waals surface area contributed by atoms with Crippen LogP contribution in [0.3, 0.4) is 0 Å². The van der Waals surface area contributed by atoms with Crippen molar-refractivity contribution in [3.05, 3.63) is 0 Å². The molecule has 1 amide bonds. The molecule has 0 aromatic rings. The molecular weight excluding hydrogens is 218 g/mol. The molecule has 2 aliphatic rings. The lowest BCUT2D eigenvalue weighted by molar-refractivity contribution is -0.123. The second kappa shape index (κ2) is 6.36. The Hall–Kier alpha value is -0.610. The molecule has 2 saturated heterocycles. The first-order valence-corrected chi connectivity index (χ1v) is 6.78. The number of nitrogens with one attached hydrogen (secondary N) is 1. The molecule has 0 aromatic carbocycles. The summed E-state index contributed by atoms with van der Waals surface area (Å²) in [7, 11) is 0. The van der Waals surface area contributed by atoms with Crippen LogP contribution in [0, 0.1) is 0 Å². The van der Waals surface area contributed by atoms with Crippen LogP contribution in [0.25, 0.3) is 0 Å². The number of rotatable bonds is 5. The fraction of sp³-hybridized carbons (Fsp3) is 0.923. The Morgan fingerprint density at radius 2 is 2.06 bits per heavy atom. The number of hydrogen-bond donors (Lipinski definition) is 1. The van der Waals surface area contributed by atoms with Gasteiger partial charge in [-0.2, -0.15) is 0 Å². The molecule has 0 radical (unpaired) electrons. The second-order valence-electron chi connectivity index (χ2n) is 5.08. The summed E-state index contributed by atoms with van der Waals surface area (Å²) in [6.07, 6.45) is 6.35. The average molecular weight is 241 g/mol. The molecule has 0 saturated carbocycles. The Labute approximate surface area is 103 Å². The third kappa shape index (κ3) is 3.96. The van der Waals surface area contributed by atoms with Crippen LogP contribution in [0.15, 0.2) is 0 Å². The molecule has 0 bridgehead atoms. The van der Waals surface area contributed by atoms with Gasteiger partial charge < -0.3 is 14.8 Å². The highest BCUT2D eigenvalue weighted by molar-refractivity contribution is 5.76. The van der Waals surface area contributed by atoms with E-state index in [1.807, 2.05) is 6.92 Å². The Kier molecular flexibility index (Phi) is 4.80. The number of ether oxygens (including phenoxy) is 2. The van der Waals surface area contributed by atoms with Crippen LogP contribution in [0.1, 0.15) is 45.4 Å². The summed E-state index contributed by atoms with van der Waals surface area (Å²) in [4.78, 5) is 11.7. The van der Waals surface area contributed by atoms with E-state index in [1.54, 1.807) is 0 Å². The maximum atomic E-state index is 11.7. The van der Waals surface area contributed by atoms with Crippen molar-refractivity contribution in [2.75, 3.05) is 13.2 Å². The zero-order chi connectivity index (χ0) is 12.1. The van der Waals surface area contributed by atoms with Gasteiger partial charge in [-0.25, -0.2) is 0 Å². The van der Waals surface area contributed by atoms with Gasteiger partial charge in [0.1, 0.15) is 0 Å². The molecular formula is C13H23NO3. The summed E-state index contributed by atoms with van der Waals surface area (Å²) in [6.45, 7) is 3.72. The number of hydrogen-bond acceptors (Lipinski definition) is 3. The molecule has 2 aliphatic heterocycles. The van der Waals surface area contributed by atoms with Gasteiger partial charge in [-0.1, -0.05) is 0 Å². The molecule has 3 atom stereocenters. The van der Waals surface area contributed by atoms with Gasteiger partial charge in [0.05, 0.1) is 18.2 Å². The smallest absolute Gasteiger partial charge is 0.220 e. The molecule has 0 aromatic heterocycles. The first-order chi connectivity index (χ1) is 8.25. The van der Waals surface area contributed by atoms with Crippen LogP contribution >= 0.6 is 0 Å². The lowest BCUT2D eigenvalue weighted by Gasteiger charge is -2.20. The van der Waals surface area contributed by atoms with Crippen LogP contribution in [0.5, 0.6) is 0 Å². The third-order valence-electron chi connectivity index (χ3n) is 3.63. The van der Waals surface area contributed by atoms with E-state index >= 15 is 0 Å². The van der Waals surface area contributed by atoms with Crippen molar-refractivity contribution in [3.63, 3.8) is 0 Å². The zero-order valence-corrected chi connectivity index (χ0v) is 10.6. The molecule has 4 heteroatoms. The molecule has 98 valence electrons. The topological polar surface area (TPSA) is 47.6 Å². The van der Waals surface area contributed by atoms with Crippen molar-refractivity contribution in [2.24, 2.45) is 0 Å². The molecule has 0 spiro atoms. The van der Waals surface area contributed by atoms with Crippen molar-refractivity contribution in [1.29, 1.82) is 0 Å². The Bertz CT molecular complexity index is 245. The van der Waals surface area contributed by atoms with E-state index in [0.717, 1.165) is 45.3 Å². The quantitative estimate of drug-likeness (QED) is 0.796. The average Bonchev–Trinajstić information content (AvgIpc) is 2.99. The van der Waals surface area contributed by atoms with Gasteiger partial charge in [-0.15, -0.1) is 0 Å². The molecule has 2 heterocycles. The molecule has 0 aliphatic carbocycles. The van der Waals surface area contributed by atoms with Gasteiger partial charge in [-0.05, 0) is 39.0 Å². The summed E-state index contributed by atoms with van der Waals surface area (Å²) in [6, 6.07) is 0.134. The fourth-order valence-electron chi connectivity index (χ4n) is 2.58. The summed E-state index contributed by atoms with van der Waals surface area (Å²) in [5.41, 5.74) is 0. The fourth-order valence-corrected chi connectivity index (χ4v) is 2.58. The lowest BCUT2D eigenvalue weighted by Crippen LogP contribution is -2.40. The molecule has 0 unspecified atom stereocenters. The maximum absolute atomic E-state index is 11.7. The molecule has 4 nitrogen and oxygen atoms in total. The van der Waals surface area contributed by atoms with Crippen LogP contribution in [-0.4, -0.2) is 37.4 Å². The van der Waals surface area contributed by atoms with Crippen molar-refractivity contribution >= 4 is 5.91 Å². The van der Waals surface area contributed by atoms with E-state index in [2.05, 4.69) is 5.32 Å². The first-order valence-electron chi connectivity index (χ1n) is 6.78. The molecule has 1 N–H and O–H groups in total. The van der Waals surface area contributed by atoms with E-state index in [0.29, 0.717) is 12.5 Å². The number of amides is 1. The second-order valence-corrected chi connectivity index (χ2v) is 5.08. The molecule has 2 fully saturated rings. The van der Waals surface area contributed by atoms with E-state index in [-0.39, 0.29) is 18.1 Å². The highest BCUT2D eigenvalue weighted by Crippen LogP contribution is 2.18. The minimum atomic E-state index is 0.128. The minimum Gasteiger partial charge on any atom is -0.378 e. The lowest BCUT2D eigenvalue weighted by atomic mass is 10.1. The zero-order valence-electron chi connectivity index (χ0n) is 10.6. The van der Waals surface area contributed by atoms with Gasteiger partial charge in [0.15, 0.2) is 0 Å². The standard InChI is InChI=1S/C13H23NO3/c1-10(12-5-3-9-17-12)14-13(15)7-6-11-4-2-8-16-11/h10-12H,2-9H2,1H3,(H,14,15)/t10-,11+,12+/m0/s1. The van der Waals surface area contributed by atoms with Crippen molar-refractivity contribution < 1.29 is 14.3 Å². The van der Waals surface area contributed by atoms with E-state index in [9.17, 15) is 4.79 Å². The van der Waals surface area contributed by atoms with E-state index < -0.39 is 0 Å². The highest BCUT2D eigenvalue weighted by Gasteiger charge is 2.24. The normalized spacial score (nSPS) is 30.4. The predicted molar refractivity (Wildman–Crippen MR) is 64.8 cm³/mol. The SMILES string of the molecule is C[C@H](NC(=O)CC[C@H]1CCCO1)[C@H]1CCCO1. The Balaban J connectivity index is 1.62. The minimum absolute atomic E-state index is 0.128. The summed E-state index contributed by atoms with van der Waals surface area (Å²) in [5.74, 6) is 0.128. The Morgan fingerprint density at radius 1 is 1.29 bits per heavy atom. The van der Waals surface area contributed by atoms with Crippen LogP contribution in [0.2, 0.25) is 0 Å². The van der Waals surface area contributed by atoms with Crippen LogP contribution in [-0.2, 0) is 14.3 Å². The molecule has 17 heavy (non-hydrogen) atoms. The monoisotopic (exact) mass is 241 g/mol. The predicted octanol–water partition coefficient (Wildman–Crippen LogP) is 1.63. The number of carbonyl (C=O) groups is 1. The van der Waals surface area contributed by atoms with Gasteiger partial charge >= 0.3 is 0 Å². The third-order valence-corrected chi connectivity index (χ3v) is 3.63. The van der Waals surface area contributed by atoms with Crippen molar-refractivity contribution in [3.8, 4) is 0 Å². The van der Waals surface area contributed by atoms with Gasteiger partial charge in [0, 0.05) is 19.6 Å². The Morgan fingerprint density at radius 3 is 2.71 bits per heavy atom. The van der Waals surface area contributed by atoms with E-state index in [1.165, 1.54) is 0 Å². The van der Waals surface area contributed by atoms with Gasteiger partial charge in [-0.3, -0.25) is 4.79 Å².